The van der Waals surface area contributed by atoms with Crippen molar-refractivity contribution in [2.45, 2.75) is 52.1 Å². The van der Waals surface area contributed by atoms with Crippen LogP contribution >= 0.6 is 11.3 Å². The van der Waals surface area contributed by atoms with Crippen LogP contribution in [0.2, 0.25) is 0 Å². The van der Waals surface area contributed by atoms with Crippen LogP contribution in [0.4, 0.5) is 0 Å². The van der Waals surface area contributed by atoms with Gasteiger partial charge in [0.1, 0.15) is 5.01 Å². The number of nitrogens with zero attached hydrogens (tertiary/aromatic N) is 2. The first-order valence-corrected chi connectivity index (χ1v) is 7.48. The minimum Gasteiger partial charge on any atom is -0.323 e. The van der Waals surface area contributed by atoms with Gasteiger partial charge in [0.2, 0.25) is 0 Å². The normalized spacial score (nSPS) is 18.8. The van der Waals surface area contributed by atoms with E-state index in [9.17, 15) is 0 Å². The average Bonchev–Trinajstić information content (AvgIpc) is 2.89. The molecule has 0 aromatic carbocycles. The second-order valence-corrected chi connectivity index (χ2v) is 6.06. The molecule has 1 atom stereocenters. The number of aryl methyl sites for hydroxylation is 1. The van der Waals surface area contributed by atoms with Gasteiger partial charge in [0.25, 0.3) is 0 Å². The summed E-state index contributed by atoms with van der Waals surface area (Å²) in [4.78, 5) is 8.57. The summed E-state index contributed by atoms with van der Waals surface area (Å²) in [5.41, 5.74) is 7.26. The lowest BCUT2D eigenvalue weighted by molar-refractivity contribution is 0.330. The standard InChI is InChI=1S/C13H23N3S/c1-3-6-11-13(10(2)14)17-12(15-11)9-16-7-4-5-8-16/h10H,3-9,14H2,1-2H3. The Bertz CT molecular complexity index is 354. The summed E-state index contributed by atoms with van der Waals surface area (Å²) in [5, 5.41) is 1.25. The molecule has 1 aromatic rings. The summed E-state index contributed by atoms with van der Waals surface area (Å²) in [6, 6.07) is 0.126. The molecule has 3 nitrogen and oxygen atoms in total. The summed E-state index contributed by atoms with van der Waals surface area (Å²) in [7, 11) is 0. The van der Waals surface area contributed by atoms with Gasteiger partial charge in [0.15, 0.2) is 0 Å². The molecule has 1 fully saturated rings. The maximum atomic E-state index is 6.02. The quantitative estimate of drug-likeness (QED) is 0.877. The van der Waals surface area contributed by atoms with Crippen molar-refractivity contribution >= 4 is 11.3 Å². The maximum absolute atomic E-state index is 6.02. The van der Waals surface area contributed by atoms with Crippen LogP contribution in [0.15, 0.2) is 0 Å². The van der Waals surface area contributed by atoms with Crippen molar-refractivity contribution in [1.82, 2.24) is 9.88 Å². The molecule has 2 N–H and O–H groups in total. The van der Waals surface area contributed by atoms with Gasteiger partial charge in [-0.15, -0.1) is 11.3 Å². The topological polar surface area (TPSA) is 42.2 Å². The number of likely N-dealkylation sites (tertiary alicyclic amines) is 1. The Balaban J connectivity index is 2.08. The van der Waals surface area contributed by atoms with Gasteiger partial charge in [-0.2, -0.15) is 0 Å². The zero-order valence-corrected chi connectivity index (χ0v) is 11.7. The van der Waals surface area contributed by atoms with Crippen LogP contribution in [-0.4, -0.2) is 23.0 Å². The molecule has 17 heavy (non-hydrogen) atoms. The van der Waals surface area contributed by atoms with Gasteiger partial charge in [0.05, 0.1) is 12.2 Å². The highest BCUT2D eigenvalue weighted by Crippen LogP contribution is 2.26. The third kappa shape index (κ3) is 3.27. The Hall–Kier alpha value is -0.450. The summed E-state index contributed by atoms with van der Waals surface area (Å²) in [6.07, 6.45) is 4.89. The molecular formula is C13H23N3S. The van der Waals surface area contributed by atoms with Crippen molar-refractivity contribution in [1.29, 1.82) is 0 Å². The van der Waals surface area contributed by atoms with E-state index in [-0.39, 0.29) is 6.04 Å². The molecule has 96 valence electrons. The molecule has 0 saturated carbocycles. The van der Waals surface area contributed by atoms with Crippen molar-refractivity contribution in [3.05, 3.63) is 15.6 Å². The summed E-state index contributed by atoms with van der Waals surface area (Å²) < 4.78 is 0. The predicted octanol–water partition coefficient (Wildman–Crippen LogP) is 2.71. The zero-order chi connectivity index (χ0) is 12.3. The zero-order valence-electron chi connectivity index (χ0n) is 10.9. The Morgan fingerprint density at radius 3 is 2.71 bits per heavy atom. The van der Waals surface area contributed by atoms with E-state index in [1.54, 1.807) is 0 Å². The molecule has 2 rings (SSSR count). The van der Waals surface area contributed by atoms with E-state index in [2.05, 4.69) is 18.7 Å². The van der Waals surface area contributed by atoms with E-state index < -0.39 is 0 Å². The van der Waals surface area contributed by atoms with Crippen molar-refractivity contribution in [2.24, 2.45) is 5.73 Å². The molecule has 0 bridgehead atoms. The third-order valence-corrected chi connectivity index (χ3v) is 4.51. The smallest absolute Gasteiger partial charge is 0.107 e. The van der Waals surface area contributed by atoms with E-state index in [1.165, 1.54) is 41.5 Å². The van der Waals surface area contributed by atoms with E-state index in [0.29, 0.717) is 0 Å². The fourth-order valence-electron chi connectivity index (χ4n) is 2.39. The first kappa shape index (κ1) is 13.0. The minimum absolute atomic E-state index is 0.126. The number of aromatic nitrogens is 1. The number of nitrogens with two attached hydrogens (primary N) is 1. The van der Waals surface area contributed by atoms with Gasteiger partial charge in [-0.05, 0) is 39.3 Å². The lowest BCUT2D eigenvalue weighted by Crippen LogP contribution is -2.18. The van der Waals surface area contributed by atoms with Gasteiger partial charge < -0.3 is 5.73 Å². The molecule has 1 unspecified atom stereocenters. The van der Waals surface area contributed by atoms with Gasteiger partial charge in [-0.25, -0.2) is 4.98 Å². The highest BCUT2D eigenvalue weighted by molar-refractivity contribution is 7.11. The molecule has 0 amide bonds. The fourth-order valence-corrected chi connectivity index (χ4v) is 3.49. The fraction of sp³-hybridized carbons (Fsp3) is 0.769. The van der Waals surface area contributed by atoms with Crippen molar-refractivity contribution in [3.63, 3.8) is 0 Å². The van der Waals surface area contributed by atoms with E-state index in [4.69, 9.17) is 10.7 Å². The van der Waals surface area contributed by atoms with Crippen LogP contribution in [0.3, 0.4) is 0 Å². The summed E-state index contributed by atoms with van der Waals surface area (Å²) in [6.45, 7) is 7.75. The van der Waals surface area contributed by atoms with E-state index in [0.717, 1.165) is 19.4 Å². The molecule has 0 radical (unpaired) electrons. The largest absolute Gasteiger partial charge is 0.323 e. The summed E-state index contributed by atoms with van der Waals surface area (Å²) >= 11 is 1.82. The van der Waals surface area contributed by atoms with Crippen molar-refractivity contribution < 1.29 is 0 Å². The Kier molecular flexibility index (Phi) is 4.54. The predicted molar refractivity (Wildman–Crippen MR) is 73.2 cm³/mol. The highest BCUT2D eigenvalue weighted by Gasteiger charge is 2.17. The van der Waals surface area contributed by atoms with Crippen molar-refractivity contribution in [2.75, 3.05) is 13.1 Å². The molecule has 1 aliphatic heterocycles. The molecule has 1 aromatic heterocycles. The Morgan fingerprint density at radius 2 is 2.12 bits per heavy atom. The van der Waals surface area contributed by atoms with E-state index in [1.807, 2.05) is 11.3 Å². The highest BCUT2D eigenvalue weighted by atomic mass is 32.1. The van der Waals surface area contributed by atoms with E-state index >= 15 is 0 Å². The van der Waals surface area contributed by atoms with Crippen LogP contribution in [0.1, 0.15) is 54.7 Å². The average molecular weight is 253 g/mol. The van der Waals surface area contributed by atoms with Crippen LogP contribution in [0.5, 0.6) is 0 Å². The molecule has 4 heteroatoms. The lowest BCUT2D eigenvalue weighted by atomic mass is 10.2. The molecule has 0 spiro atoms. The van der Waals surface area contributed by atoms with Gasteiger partial charge in [-0.3, -0.25) is 4.90 Å². The van der Waals surface area contributed by atoms with Crippen LogP contribution in [0.25, 0.3) is 0 Å². The molecule has 1 aliphatic rings. The maximum Gasteiger partial charge on any atom is 0.107 e. The van der Waals surface area contributed by atoms with Crippen molar-refractivity contribution in [3.8, 4) is 0 Å². The number of hydrogen-bond donors (Lipinski definition) is 1. The van der Waals surface area contributed by atoms with Crippen LogP contribution < -0.4 is 5.73 Å². The molecule has 2 heterocycles. The summed E-state index contributed by atoms with van der Waals surface area (Å²) in [5.74, 6) is 0. The van der Waals surface area contributed by atoms with Gasteiger partial charge >= 0.3 is 0 Å². The Morgan fingerprint density at radius 1 is 1.41 bits per heavy atom. The first-order chi connectivity index (χ1) is 8.20. The molecule has 0 aliphatic carbocycles. The third-order valence-electron chi connectivity index (χ3n) is 3.23. The number of rotatable bonds is 5. The molecular weight excluding hydrogens is 230 g/mol. The van der Waals surface area contributed by atoms with Crippen LogP contribution in [0, 0.1) is 0 Å². The number of thiazole rings is 1. The van der Waals surface area contributed by atoms with Gasteiger partial charge in [-0.1, -0.05) is 13.3 Å². The minimum atomic E-state index is 0.126. The number of hydrogen-bond acceptors (Lipinski definition) is 4. The molecule has 1 saturated heterocycles. The first-order valence-electron chi connectivity index (χ1n) is 6.67. The monoisotopic (exact) mass is 253 g/mol. The lowest BCUT2D eigenvalue weighted by Gasteiger charge is -2.11. The SMILES string of the molecule is CCCc1nc(CN2CCCC2)sc1C(C)N. The second-order valence-electron chi connectivity index (χ2n) is 4.94. The second kappa shape index (κ2) is 5.94. The Labute approximate surface area is 108 Å². The van der Waals surface area contributed by atoms with Crippen LogP contribution in [-0.2, 0) is 13.0 Å². The van der Waals surface area contributed by atoms with Gasteiger partial charge in [0, 0.05) is 10.9 Å².